The van der Waals surface area contributed by atoms with Crippen molar-refractivity contribution >= 4 is 18.1 Å². The average molecular weight is 227 g/mol. The third-order valence-corrected chi connectivity index (χ3v) is 1.91. The van der Waals surface area contributed by atoms with Gasteiger partial charge in [-0.15, -0.1) is 0 Å². The molecule has 0 rings (SSSR count). The monoisotopic (exact) mass is 227 g/mol. The Balaban J connectivity index is 4.34. The second-order valence-corrected chi connectivity index (χ2v) is 3.20. The first-order chi connectivity index (χ1) is 7.65. The number of rotatable bonds is 7. The highest BCUT2D eigenvalue weighted by molar-refractivity contribution is 6.24. The molecule has 1 N–H and O–H groups in total. The Labute approximate surface area is 94.6 Å². The van der Waals surface area contributed by atoms with E-state index < -0.39 is 17.9 Å². The molecule has 1 atom stereocenters. The van der Waals surface area contributed by atoms with Gasteiger partial charge in [0.15, 0.2) is 0 Å². The van der Waals surface area contributed by atoms with E-state index in [0.29, 0.717) is 12.6 Å². The predicted octanol–water partition coefficient (Wildman–Crippen LogP) is 0.525. The van der Waals surface area contributed by atoms with Gasteiger partial charge in [0.05, 0.1) is 6.61 Å². The summed E-state index contributed by atoms with van der Waals surface area (Å²) in [5, 5.41) is 2.41. The third-order valence-electron chi connectivity index (χ3n) is 1.91. The van der Waals surface area contributed by atoms with E-state index in [1.54, 1.807) is 6.92 Å². The van der Waals surface area contributed by atoms with E-state index in [2.05, 4.69) is 10.1 Å². The van der Waals surface area contributed by atoms with Crippen LogP contribution >= 0.6 is 0 Å². The van der Waals surface area contributed by atoms with Crippen molar-refractivity contribution in [3.63, 3.8) is 0 Å². The Morgan fingerprint density at radius 2 is 2.19 bits per heavy atom. The minimum absolute atomic E-state index is 0.269. The van der Waals surface area contributed by atoms with Crippen LogP contribution in [0.5, 0.6) is 0 Å². The second-order valence-electron chi connectivity index (χ2n) is 3.20. The number of carbonyl (C=O) groups excluding carboxylic acids is 2. The summed E-state index contributed by atoms with van der Waals surface area (Å²) >= 11 is 0. The van der Waals surface area contributed by atoms with Crippen LogP contribution in [0.4, 0.5) is 0 Å². The van der Waals surface area contributed by atoms with Gasteiger partial charge < -0.3 is 15.6 Å². The molecule has 16 heavy (non-hydrogen) atoms. The lowest BCUT2D eigenvalue weighted by Gasteiger charge is -2.14. The van der Waals surface area contributed by atoms with E-state index in [4.69, 9.17) is 10.3 Å². The zero-order chi connectivity index (χ0) is 12.4. The van der Waals surface area contributed by atoms with Crippen LogP contribution < -0.4 is 5.32 Å². The first-order valence-electron chi connectivity index (χ1n) is 5.30. The Morgan fingerprint density at radius 3 is 2.69 bits per heavy atom. The molecule has 0 aromatic rings. The normalized spacial score (nSPS) is 11.1. The van der Waals surface area contributed by atoms with Crippen molar-refractivity contribution in [3.8, 4) is 0 Å². The van der Waals surface area contributed by atoms with E-state index in [0.717, 1.165) is 12.8 Å². The summed E-state index contributed by atoms with van der Waals surface area (Å²) in [6.07, 6.45) is 2.94. The molecule has 0 aliphatic heterocycles. The van der Waals surface area contributed by atoms with E-state index in [9.17, 15) is 9.59 Å². The predicted molar refractivity (Wildman–Crippen MR) is 57.8 cm³/mol. The van der Waals surface area contributed by atoms with Crippen LogP contribution in [0.1, 0.15) is 33.1 Å². The fourth-order valence-corrected chi connectivity index (χ4v) is 1.16. The molecule has 90 valence electrons. The van der Waals surface area contributed by atoms with Crippen LogP contribution in [0.15, 0.2) is 0 Å². The quantitative estimate of drug-likeness (QED) is 0.297. The average Bonchev–Trinajstić information content (AvgIpc) is 2.24. The molecule has 0 spiro atoms. The molecule has 1 amide bonds. The Morgan fingerprint density at radius 1 is 1.50 bits per heavy atom. The Hall–Kier alpha value is -1.68. The highest BCUT2D eigenvalue weighted by Crippen LogP contribution is 2.02. The van der Waals surface area contributed by atoms with Crippen molar-refractivity contribution < 1.29 is 19.1 Å². The molecule has 6 heteroatoms. The smallest absolute Gasteiger partial charge is 0.344 e. The molecule has 0 heterocycles. The van der Waals surface area contributed by atoms with Gasteiger partial charge in [-0.05, 0) is 13.3 Å². The molecule has 0 aromatic heterocycles. The van der Waals surface area contributed by atoms with Gasteiger partial charge in [0.1, 0.15) is 6.04 Å². The van der Waals surface area contributed by atoms with Gasteiger partial charge in [-0.2, -0.15) is 4.79 Å². The van der Waals surface area contributed by atoms with E-state index in [-0.39, 0.29) is 6.61 Å². The van der Waals surface area contributed by atoms with Crippen LogP contribution in [0.25, 0.3) is 5.53 Å². The number of nitrogens with zero attached hydrogens (tertiary/aromatic N) is 2. The third kappa shape index (κ3) is 5.93. The van der Waals surface area contributed by atoms with Gasteiger partial charge in [0.2, 0.25) is 0 Å². The molecular formula is C10H17N3O3. The fourth-order valence-electron chi connectivity index (χ4n) is 1.16. The van der Waals surface area contributed by atoms with Crippen LogP contribution in [0.2, 0.25) is 0 Å². The summed E-state index contributed by atoms with van der Waals surface area (Å²) in [5.41, 5.74) is 8.16. The van der Waals surface area contributed by atoms with Gasteiger partial charge in [-0.3, -0.25) is 4.79 Å². The summed E-state index contributed by atoms with van der Waals surface area (Å²) in [4.78, 5) is 25.1. The standard InChI is InChI=1S/C10H17N3O3/c1-3-5-6-8(10(15)16-4-2)13-9(14)7-12-11/h7-8H,3-6H2,1-2H3,(H,13,14). The summed E-state index contributed by atoms with van der Waals surface area (Å²) in [6.45, 7) is 3.95. The first kappa shape index (κ1) is 14.3. The molecular weight excluding hydrogens is 210 g/mol. The van der Waals surface area contributed by atoms with Gasteiger partial charge in [0.25, 0.3) is 0 Å². The number of hydrogen-bond acceptors (Lipinski definition) is 3. The largest absolute Gasteiger partial charge is 0.464 e. The fraction of sp³-hybridized carbons (Fsp3) is 0.700. The van der Waals surface area contributed by atoms with Crippen molar-refractivity contribution in [3.05, 3.63) is 5.53 Å². The van der Waals surface area contributed by atoms with Crippen LogP contribution in [-0.2, 0) is 14.3 Å². The van der Waals surface area contributed by atoms with Gasteiger partial charge in [-0.25, -0.2) is 4.79 Å². The van der Waals surface area contributed by atoms with Crippen molar-refractivity contribution in [2.45, 2.75) is 39.2 Å². The summed E-state index contributed by atoms with van der Waals surface area (Å²) in [7, 11) is 0. The molecule has 0 aromatic carbocycles. The minimum Gasteiger partial charge on any atom is -0.464 e. The summed E-state index contributed by atoms with van der Waals surface area (Å²) < 4.78 is 4.82. The Kier molecular flexibility index (Phi) is 7.71. The van der Waals surface area contributed by atoms with Crippen LogP contribution in [0.3, 0.4) is 0 Å². The number of hydrogen-bond donors (Lipinski definition) is 1. The molecule has 0 fully saturated rings. The maximum absolute atomic E-state index is 11.4. The maximum Gasteiger partial charge on any atom is 0.344 e. The van der Waals surface area contributed by atoms with Crippen molar-refractivity contribution in [2.75, 3.05) is 6.61 Å². The van der Waals surface area contributed by atoms with Gasteiger partial charge >= 0.3 is 18.1 Å². The number of amides is 1. The molecule has 6 nitrogen and oxygen atoms in total. The zero-order valence-electron chi connectivity index (χ0n) is 9.60. The lowest BCUT2D eigenvalue weighted by atomic mass is 10.1. The Bertz CT molecular complexity index is 285. The summed E-state index contributed by atoms with van der Waals surface area (Å²) in [6, 6.07) is -0.676. The molecule has 0 aliphatic carbocycles. The highest BCUT2D eigenvalue weighted by atomic mass is 16.5. The lowest BCUT2D eigenvalue weighted by molar-refractivity contribution is -0.147. The van der Waals surface area contributed by atoms with Gasteiger partial charge in [0, 0.05) is 0 Å². The molecule has 0 saturated heterocycles. The molecule has 1 unspecified atom stereocenters. The highest BCUT2D eigenvalue weighted by Gasteiger charge is 2.21. The van der Waals surface area contributed by atoms with Gasteiger partial charge in [-0.1, -0.05) is 19.8 Å². The van der Waals surface area contributed by atoms with Crippen molar-refractivity contribution in [1.29, 1.82) is 0 Å². The minimum atomic E-state index is -0.676. The maximum atomic E-state index is 11.4. The SMILES string of the molecule is CCCCC(NC(=O)C=[N+]=[N-])C(=O)OCC. The van der Waals surface area contributed by atoms with E-state index >= 15 is 0 Å². The van der Waals surface area contributed by atoms with Crippen molar-refractivity contribution in [2.24, 2.45) is 0 Å². The van der Waals surface area contributed by atoms with Crippen LogP contribution in [0, 0.1) is 0 Å². The molecule has 0 saturated carbocycles. The number of nitrogens with one attached hydrogen (secondary N) is 1. The van der Waals surface area contributed by atoms with Crippen LogP contribution in [-0.4, -0.2) is 35.5 Å². The van der Waals surface area contributed by atoms with E-state index in [1.165, 1.54) is 0 Å². The van der Waals surface area contributed by atoms with Crippen molar-refractivity contribution in [1.82, 2.24) is 5.32 Å². The molecule has 0 radical (unpaired) electrons. The molecule has 0 aliphatic rings. The number of ether oxygens (including phenoxy) is 1. The van der Waals surface area contributed by atoms with E-state index in [1.807, 2.05) is 6.92 Å². The zero-order valence-corrected chi connectivity index (χ0v) is 9.60. The number of esters is 1. The number of carbonyl (C=O) groups is 2. The summed E-state index contributed by atoms with van der Waals surface area (Å²) in [5.74, 6) is -1.08. The number of unbranched alkanes of at least 4 members (excludes halogenated alkanes) is 1. The first-order valence-corrected chi connectivity index (χ1v) is 5.30. The lowest BCUT2D eigenvalue weighted by Crippen LogP contribution is -2.42. The second kappa shape index (κ2) is 8.61. The molecule has 0 bridgehead atoms. The topological polar surface area (TPSA) is 91.8 Å².